The number of anilines is 1. The van der Waals surface area contributed by atoms with Crippen LogP contribution < -0.4 is 5.32 Å². The van der Waals surface area contributed by atoms with Gasteiger partial charge in [-0.05, 0) is 24.5 Å². The van der Waals surface area contributed by atoms with Crippen molar-refractivity contribution in [3.63, 3.8) is 0 Å². The van der Waals surface area contributed by atoms with E-state index in [0.717, 1.165) is 12.8 Å². The van der Waals surface area contributed by atoms with E-state index in [9.17, 15) is 14.9 Å². The second-order valence-corrected chi connectivity index (χ2v) is 4.92. The summed E-state index contributed by atoms with van der Waals surface area (Å²) in [4.78, 5) is 22.9. The van der Waals surface area contributed by atoms with Crippen LogP contribution in [0.4, 0.5) is 16.2 Å². The van der Waals surface area contributed by atoms with Gasteiger partial charge in [0.15, 0.2) is 0 Å². The Morgan fingerprint density at radius 2 is 2.29 bits per heavy atom. The van der Waals surface area contributed by atoms with E-state index in [-0.39, 0.29) is 18.3 Å². The molecule has 1 aliphatic rings. The number of aliphatic hydroxyl groups is 1. The van der Waals surface area contributed by atoms with Crippen LogP contribution in [0.25, 0.3) is 0 Å². The minimum Gasteiger partial charge on any atom is -0.465 e. The van der Waals surface area contributed by atoms with Crippen molar-refractivity contribution in [2.75, 3.05) is 18.4 Å². The van der Waals surface area contributed by atoms with Gasteiger partial charge in [0.05, 0.1) is 17.6 Å². The molecule has 1 heterocycles. The molecule has 1 unspecified atom stereocenters. The third kappa shape index (κ3) is 3.40. The van der Waals surface area contributed by atoms with Crippen LogP contribution >= 0.6 is 0 Å². The van der Waals surface area contributed by atoms with Crippen molar-refractivity contribution < 1.29 is 19.9 Å². The Labute approximate surface area is 121 Å². The van der Waals surface area contributed by atoms with E-state index in [4.69, 9.17) is 10.2 Å². The van der Waals surface area contributed by atoms with E-state index in [1.165, 1.54) is 17.0 Å². The van der Waals surface area contributed by atoms with Crippen LogP contribution in [0.5, 0.6) is 0 Å². The zero-order chi connectivity index (χ0) is 15.4. The number of carbonyl (C=O) groups is 1. The molecule has 1 atom stereocenters. The first-order valence-electron chi connectivity index (χ1n) is 6.64. The molecule has 1 aliphatic heterocycles. The first-order chi connectivity index (χ1) is 10.0. The summed E-state index contributed by atoms with van der Waals surface area (Å²) in [6.45, 7) is 0.551. The number of likely N-dealkylation sites (tertiary alicyclic amines) is 1. The number of hydrogen-bond acceptors (Lipinski definition) is 5. The number of carboxylic acid groups (broad SMARTS) is 1. The van der Waals surface area contributed by atoms with E-state index in [1.807, 2.05) is 0 Å². The molecule has 2 rings (SSSR count). The van der Waals surface area contributed by atoms with Gasteiger partial charge < -0.3 is 20.4 Å². The summed E-state index contributed by atoms with van der Waals surface area (Å²) in [7, 11) is 0. The highest BCUT2D eigenvalue weighted by molar-refractivity contribution is 5.66. The van der Waals surface area contributed by atoms with Gasteiger partial charge in [0, 0.05) is 19.2 Å². The number of nitro groups is 1. The maximum Gasteiger partial charge on any atom is 0.407 e. The summed E-state index contributed by atoms with van der Waals surface area (Å²) in [6, 6.07) is 4.26. The van der Waals surface area contributed by atoms with Crippen LogP contribution in [-0.2, 0) is 6.61 Å². The molecule has 0 aliphatic carbocycles. The van der Waals surface area contributed by atoms with Gasteiger partial charge in [-0.2, -0.15) is 0 Å². The molecular formula is C13H17N3O5. The van der Waals surface area contributed by atoms with Gasteiger partial charge in [-0.25, -0.2) is 4.79 Å². The second kappa shape index (κ2) is 6.40. The predicted molar refractivity (Wildman–Crippen MR) is 75.3 cm³/mol. The van der Waals surface area contributed by atoms with E-state index in [1.54, 1.807) is 6.07 Å². The fourth-order valence-electron chi connectivity index (χ4n) is 2.50. The Hall–Kier alpha value is -2.35. The number of benzene rings is 1. The van der Waals surface area contributed by atoms with Crippen molar-refractivity contribution in [1.29, 1.82) is 0 Å². The van der Waals surface area contributed by atoms with Crippen molar-refractivity contribution in [2.45, 2.75) is 25.5 Å². The third-order valence-corrected chi connectivity index (χ3v) is 3.59. The molecule has 114 valence electrons. The van der Waals surface area contributed by atoms with E-state index in [0.29, 0.717) is 24.3 Å². The molecule has 1 aromatic carbocycles. The third-order valence-electron chi connectivity index (χ3n) is 3.59. The number of aliphatic hydroxyl groups excluding tert-OH is 1. The Morgan fingerprint density at radius 1 is 1.52 bits per heavy atom. The van der Waals surface area contributed by atoms with Crippen LogP contribution in [0.2, 0.25) is 0 Å². The number of amides is 1. The van der Waals surface area contributed by atoms with Crippen molar-refractivity contribution in [3.8, 4) is 0 Å². The molecule has 8 heteroatoms. The Kier molecular flexibility index (Phi) is 4.59. The van der Waals surface area contributed by atoms with Gasteiger partial charge in [0.1, 0.15) is 5.69 Å². The Balaban J connectivity index is 2.09. The van der Waals surface area contributed by atoms with Crippen LogP contribution in [0, 0.1) is 10.1 Å². The molecule has 1 amide bonds. The first-order valence-corrected chi connectivity index (χ1v) is 6.64. The minimum absolute atomic E-state index is 0.124. The highest BCUT2D eigenvalue weighted by atomic mass is 16.6. The van der Waals surface area contributed by atoms with E-state index in [2.05, 4.69) is 5.32 Å². The summed E-state index contributed by atoms with van der Waals surface area (Å²) < 4.78 is 0. The lowest BCUT2D eigenvalue weighted by Crippen LogP contribution is -2.38. The smallest absolute Gasteiger partial charge is 0.407 e. The van der Waals surface area contributed by atoms with Gasteiger partial charge >= 0.3 is 6.09 Å². The summed E-state index contributed by atoms with van der Waals surface area (Å²) >= 11 is 0. The molecule has 1 aromatic rings. The van der Waals surface area contributed by atoms with Crippen LogP contribution in [-0.4, -0.2) is 45.3 Å². The highest BCUT2D eigenvalue weighted by Gasteiger charge is 2.28. The van der Waals surface area contributed by atoms with Crippen LogP contribution in [0.3, 0.4) is 0 Å². The molecule has 1 fully saturated rings. The SMILES string of the molecule is O=C(O)N1CCCC1CNc1ccc(CO)cc1[N+](=O)[O-]. The molecule has 0 spiro atoms. The van der Waals surface area contributed by atoms with Crippen molar-refractivity contribution in [1.82, 2.24) is 4.90 Å². The molecule has 0 bridgehead atoms. The number of nitrogens with zero attached hydrogens (tertiary/aromatic N) is 2. The molecule has 1 saturated heterocycles. The quantitative estimate of drug-likeness (QED) is 0.561. The Morgan fingerprint density at radius 3 is 2.90 bits per heavy atom. The summed E-state index contributed by atoms with van der Waals surface area (Å²) in [5, 5.41) is 32.1. The molecule has 0 saturated carbocycles. The standard InChI is InChI=1S/C13H17N3O5/c17-8-9-3-4-11(12(6-9)16(20)21)14-7-10-2-1-5-15(10)13(18)19/h3-4,6,10,14,17H,1-2,5,7-8H2,(H,18,19). The van der Waals surface area contributed by atoms with Crippen molar-refractivity contribution in [2.24, 2.45) is 0 Å². The van der Waals surface area contributed by atoms with Gasteiger partial charge in [-0.15, -0.1) is 0 Å². The summed E-state index contributed by atoms with van der Waals surface area (Å²) in [6.07, 6.45) is 0.566. The largest absolute Gasteiger partial charge is 0.465 e. The second-order valence-electron chi connectivity index (χ2n) is 4.92. The first kappa shape index (κ1) is 15.0. The number of rotatable bonds is 5. The molecule has 0 radical (unpaired) electrons. The maximum absolute atomic E-state index is 11.0. The van der Waals surface area contributed by atoms with E-state index >= 15 is 0 Å². The topological polar surface area (TPSA) is 116 Å². The molecule has 8 nitrogen and oxygen atoms in total. The number of nitrogens with one attached hydrogen (secondary N) is 1. The van der Waals surface area contributed by atoms with Gasteiger partial charge in [-0.1, -0.05) is 6.07 Å². The van der Waals surface area contributed by atoms with Crippen LogP contribution in [0.15, 0.2) is 18.2 Å². The van der Waals surface area contributed by atoms with Gasteiger partial charge in [-0.3, -0.25) is 10.1 Å². The minimum atomic E-state index is -0.968. The lowest BCUT2D eigenvalue weighted by Gasteiger charge is -2.22. The summed E-state index contributed by atoms with van der Waals surface area (Å²) in [5.74, 6) is 0. The maximum atomic E-state index is 11.0. The lowest BCUT2D eigenvalue weighted by atomic mass is 10.1. The molecule has 0 aromatic heterocycles. The fraction of sp³-hybridized carbons (Fsp3) is 0.462. The zero-order valence-electron chi connectivity index (χ0n) is 11.4. The summed E-state index contributed by atoms with van der Waals surface area (Å²) in [5.41, 5.74) is 0.663. The Bertz CT molecular complexity index is 549. The van der Waals surface area contributed by atoms with Crippen molar-refractivity contribution in [3.05, 3.63) is 33.9 Å². The average molecular weight is 295 g/mol. The van der Waals surface area contributed by atoms with Crippen LogP contribution in [0.1, 0.15) is 18.4 Å². The van der Waals surface area contributed by atoms with E-state index < -0.39 is 11.0 Å². The van der Waals surface area contributed by atoms with Gasteiger partial charge in [0.25, 0.3) is 5.69 Å². The highest BCUT2D eigenvalue weighted by Crippen LogP contribution is 2.26. The molecule has 21 heavy (non-hydrogen) atoms. The predicted octanol–water partition coefficient (Wildman–Crippen LogP) is 1.64. The average Bonchev–Trinajstić information content (AvgIpc) is 2.93. The monoisotopic (exact) mass is 295 g/mol. The molecule has 3 N–H and O–H groups in total. The zero-order valence-corrected chi connectivity index (χ0v) is 11.4. The fourth-order valence-corrected chi connectivity index (χ4v) is 2.50. The normalized spacial score (nSPS) is 17.8. The lowest BCUT2D eigenvalue weighted by molar-refractivity contribution is -0.384. The number of hydrogen-bond donors (Lipinski definition) is 3. The molecular weight excluding hydrogens is 278 g/mol. The van der Waals surface area contributed by atoms with Crippen molar-refractivity contribution >= 4 is 17.5 Å². The van der Waals surface area contributed by atoms with Gasteiger partial charge in [0.2, 0.25) is 0 Å². The number of nitro benzene ring substituents is 1.